The summed E-state index contributed by atoms with van der Waals surface area (Å²) in [5.41, 5.74) is 0.360. The molecule has 5 heteroatoms. The molecule has 1 unspecified atom stereocenters. The van der Waals surface area contributed by atoms with E-state index in [4.69, 9.17) is 0 Å². The highest BCUT2D eigenvalue weighted by Crippen LogP contribution is 2.25. The fourth-order valence-electron chi connectivity index (χ4n) is 2.44. The Hall–Kier alpha value is -1.91. The summed E-state index contributed by atoms with van der Waals surface area (Å²) in [5.74, 6) is -0.376. The van der Waals surface area contributed by atoms with Crippen LogP contribution in [0.25, 0.3) is 0 Å². The van der Waals surface area contributed by atoms with Crippen molar-refractivity contribution in [3.05, 3.63) is 65.5 Å². The third-order valence-electron chi connectivity index (χ3n) is 4.02. The largest absolute Gasteiger partial charge is 0.508 e. The number of Topliss-reactive ketones (excluding diaryl/α,β-unsaturated/α-hetero) is 1. The summed E-state index contributed by atoms with van der Waals surface area (Å²) in [5, 5.41) is 9.58. The highest BCUT2D eigenvalue weighted by atomic mass is 35.5. The molecule has 0 spiro atoms. The number of carbonyl (C=O) groups is 1. The molecule has 0 aliphatic rings. The van der Waals surface area contributed by atoms with Crippen LogP contribution in [0, 0.1) is 5.82 Å². The van der Waals surface area contributed by atoms with E-state index in [0.717, 1.165) is 5.56 Å². The van der Waals surface area contributed by atoms with Crippen LogP contribution >= 0.6 is 12.4 Å². The minimum absolute atomic E-state index is 0. The first-order valence-electron chi connectivity index (χ1n) is 7.08. The summed E-state index contributed by atoms with van der Waals surface area (Å²) in [4.78, 5) is 14.7. The summed E-state index contributed by atoms with van der Waals surface area (Å²) in [7, 11) is 3.64. The molecule has 0 bridgehead atoms. The van der Waals surface area contributed by atoms with Crippen LogP contribution in [-0.4, -0.2) is 35.4 Å². The van der Waals surface area contributed by atoms with E-state index in [1.807, 2.05) is 25.9 Å². The topological polar surface area (TPSA) is 40.5 Å². The van der Waals surface area contributed by atoms with Crippen molar-refractivity contribution in [1.29, 1.82) is 0 Å². The first-order chi connectivity index (χ1) is 10.3. The van der Waals surface area contributed by atoms with E-state index in [-0.39, 0.29) is 29.8 Å². The van der Waals surface area contributed by atoms with Gasteiger partial charge < -0.3 is 5.11 Å². The molecule has 23 heavy (non-hydrogen) atoms. The lowest BCUT2D eigenvalue weighted by Crippen LogP contribution is -2.50. The SMILES string of the molecule is CN(C)C(C)(Cc1cccc(F)c1)C(=O)c1cccc(O)c1.Cl. The van der Waals surface area contributed by atoms with Gasteiger partial charge in [0.2, 0.25) is 0 Å². The van der Waals surface area contributed by atoms with Gasteiger partial charge in [-0.25, -0.2) is 4.39 Å². The zero-order chi connectivity index (χ0) is 16.3. The average Bonchev–Trinajstić information content (AvgIpc) is 2.46. The number of likely N-dealkylation sites (N-methyl/N-ethyl adjacent to an activating group) is 1. The molecule has 3 nitrogen and oxygen atoms in total. The molecule has 0 radical (unpaired) electrons. The molecule has 0 aromatic heterocycles. The van der Waals surface area contributed by atoms with Gasteiger partial charge in [0.05, 0.1) is 5.54 Å². The van der Waals surface area contributed by atoms with Gasteiger partial charge in [0.1, 0.15) is 11.6 Å². The number of halogens is 2. The molecule has 0 amide bonds. The Labute approximate surface area is 142 Å². The molecule has 0 fully saturated rings. The van der Waals surface area contributed by atoms with E-state index in [1.54, 1.807) is 24.3 Å². The van der Waals surface area contributed by atoms with E-state index in [0.29, 0.717) is 12.0 Å². The third-order valence-corrected chi connectivity index (χ3v) is 4.02. The van der Waals surface area contributed by atoms with E-state index in [1.165, 1.54) is 24.3 Å². The standard InChI is InChI=1S/C18H20FNO2.ClH/c1-18(20(2)3,12-13-6-4-8-15(19)10-13)17(22)14-7-5-9-16(21)11-14;/h4-11,21H,12H2,1-3H3;1H. The Morgan fingerprint density at radius 1 is 1.17 bits per heavy atom. The van der Waals surface area contributed by atoms with Gasteiger partial charge >= 0.3 is 0 Å². The van der Waals surface area contributed by atoms with Crippen LogP contribution in [-0.2, 0) is 6.42 Å². The van der Waals surface area contributed by atoms with Crippen molar-refractivity contribution < 1.29 is 14.3 Å². The smallest absolute Gasteiger partial charge is 0.183 e. The van der Waals surface area contributed by atoms with E-state index in [9.17, 15) is 14.3 Å². The van der Waals surface area contributed by atoms with Crippen LogP contribution in [0.1, 0.15) is 22.8 Å². The first kappa shape index (κ1) is 19.1. The summed E-state index contributed by atoms with van der Waals surface area (Å²) in [6.45, 7) is 1.82. The lowest BCUT2D eigenvalue weighted by molar-refractivity contribution is 0.0718. The maximum absolute atomic E-state index is 13.4. The van der Waals surface area contributed by atoms with Gasteiger partial charge in [0.25, 0.3) is 0 Å². The number of rotatable bonds is 5. The van der Waals surface area contributed by atoms with Crippen LogP contribution in [0.5, 0.6) is 5.75 Å². The fourth-order valence-corrected chi connectivity index (χ4v) is 2.44. The van der Waals surface area contributed by atoms with Crippen LogP contribution in [0.4, 0.5) is 4.39 Å². The van der Waals surface area contributed by atoms with Gasteiger partial charge in [-0.3, -0.25) is 9.69 Å². The van der Waals surface area contributed by atoms with Crippen LogP contribution < -0.4 is 0 Å². The molecular formula is C18H21ClFNO2. The number of aromatic hydroxyl groups is 1. The lowest BCUT2D eigenvalue weighted by Gasteiger charge is -2.35. The van der Waals surface area contributed by atoms with E-state index >= 15 is 0 Å². The number of hydrogen-bond acceptors (Lipinski definition) is 3. The van der Waals surface area contributed by atoms with Crippen molar-refractivity contribution in [1.82, 2.24) is 4.90 Å². The van der Waals surface area contributed by atoms with Gasteiger partial charge in [-0.15, -0.1) is 12.4 Å². The summed E-state index contributed by atoms with van der Waals surface area (Å²) < 4.78 is 13.4. The molecule has 2 aromatic rings. The van der Waals surface area contributed by atoms with Crippen molar-refractivity contribution >= 4 is 18.2 Å². The van der Waals surface area contributed by atoms with E-state index < -0.39 is 5.54 Å². The van der Waals surface area contributed by atoms with Crippen molar-refractivity contribution in [3.63, 3.8) is 0 Å². The quantitative estimate of drug-likeness (QED) is 0.846. The summed E-state index contributed by atoms with van der Waals surface area (Å²) in [6.07, 6.45) is 0.381. The number of phenols is 1. The Bertz CT molecular complexity index is 690. The molecule has 2 aromatic carbocycles. The average molecular weight is 338 g/mol. The Morgan fingerprint density at radius 2 is 1.83 bits per heavy atom. The predicted octanol–water partition coefficient (Wildman–Crippen LogP) is 3.70. The zero-order valence-corrected chi connectivity index (χ0v) is 14.2. The number of nitrogens with zero attached hydrogens (tertiary/aromatic N) is 1. The number of carbonyl (C=O) groups excluding carboxylic acids is 1. The molecule has 0 aliphatic carbocycles. The second kappa shape index (κ2) is 7.57. The third kappa shape index (κ3) is 4.30. The first-order valence-corrected chi connectivity index (χ1v) is 7.08. The number of hydrogen-bond donors (Lipinski definition) is 1. The van der Waals surface area contributed by atoms with Gasteiger partial charge in [-0.1, -0.05) is 24.3 Å². The zero-order valence-electron chi connectivity index (χ0n) is 13.4. The highest BCUT2D eigenvalue weighted by Gasteiger charge is 2.36. The second-order valence-electron chi connectivity index (χ2n) is 5.85. The molecule has 0 heterocycles. The van der Waals surface area contributed by atoms with Crippen LogP contribution in [0.2, 0.25) is 0 Å². The Balaban J connectivity index is 0.00000264. The molecule has 124 valence electrons. The molecular weight excluding hydrogens is 317 g/mol. The summed E-state index contributed by atoms with van der Waals surface area (Å²) in [6, 6.07) is 12.6. The molecule has 2 rings (SSSR count). The molecule has 1 N–H and O–H groups in total. The lowest BCUT2D eigenvalue weighted by atomic mass is 9.84. The Morgan fingerprint density at radius 3 is 2.39 bits per heavy atom. The van der Waals surface area contributed by atoms with Crippen molar-refractivity contribution in [2.45, 2.75) is 18.9 Å². The normalized spacial score (nSPS) is 13.3. The maximum Gasteiger partial charge on any atom is 0.183 e. The van der Waals surface area contributed by atoms with Gasteiger partial charge in [0.15, 0.2) is 5.78 Å². The molecule has 1 atom stereocenters. The molecule has 0 saturated heterocycles. The van der Waals surface area contributed by atoms with E-state index in [2.05, 4.69) is 0 Å². The van der Waals surface area contributed by atoms with Gasteiger partial charge in [-0.2, -0.15) is 0 Å². The fraction of sp³-hybridized carbons (Fsp3) is 0.278. The minimum Gasteiger partial charge on any atom is -0.508 e. The van der Waals surface area contributed by atoms with Crippen molar-refractivity contribution in [3.8, 4) is 5.75 Å². The Kier molecular flexibility index (Phi) is 6.30. The molecule has 0 aliphatic heterocycles. The highest BCUT2D eigenvalue weighted by molar-refractivity contribution is 6.03. The molecule has 0 saturated carbocycles. The minimum atomic E-state index is -0.832. The second-order valence-corrected chi connectivity index (χ2v) is 5.85. The maximum atomic E-state index is 13.4. The number of ketones is 1. The number of benzene rings is 2. The van der Waals surface area contributed by atoms with Crippen LogP contribution in [0.3, 0.4) is 0 Å². The van der Waals surface area contributed by atoms with Gasteiger partial charge in [-0.05, 0) is 57.3 Å². The van der Waals surface area contributed by atoms with Crippen molar-refractivity contribution in [2.75, 3.05) is 14.1 Å². The van der Waals surface area contributed by atoms with Crippen LogP contribution in [0.15, 0.2) is 48.5 Å². The van der Waals surface area contributed by atoms with Gasteiger partial charge in [0, 0.05) is 5.56 Å². The summed E-state index contributed by atoms with van der Waals surface area (Å²) >= 11 is 0. The van der Waals surface area contributed by atoms with Crippen molar-refractivity contribution in [2.24, 2.45) is 0 Å². The monoisotopic (exact) mass is 337 g/mol. The number of phenolic OH excluding ortho intramolecular Hbond substituents is 1. The predicted molar refractivity (Wildman–Crippen MR) is 91.9 cm³/mol.